The summed E-state index contributed by atoms with van der Waals surface area (Å²) in [5.41, 5.74) is 0.921. The third-order valence-corrected chi connectivity index (χ3v) is 7.51. The first-order chi connectivity index (χ1) is 18.2. The molecular formula is C27H32N2O9. The fourth-order valence-electron chi connectivity index (χ4n) is 5.15. The number of benzene rings is 2. The van der Waals surface area contributed by atoms with Gasteiger partial charge in [0.1, 0.15) is 53.9 Å². The number of fused-ring (bicyclic) bond motifs is 1. The molecule has 6 N–H and O–H groups in total. The van der Waals surface area contributed by atoms with Gasteiger partial charge in [-0.3, -0.25) is 9.69 Å². The van der Waals surface area contributed by atoms with Gasteiger partial charge in [-0.1, -0.05) is 6.07 Å². The van der Waals surface area contributed by atoms with Gasteiger partial charge in [-0.2, -0.15) is 0 Å². The Morgan fingerprint density at radius 3 is 2.37 bits per heavy atom. The Balaban J connectivity index is 1.52. The molecule has 2 aromatic carbocycles. The van der Waals surface area contributed by atoms with Crippen LogP contribution in [0.1, 0.15) is 17.2 Å². The van der Waals surface area contributed by atoms with E-state index in [1.807, 2.05) is 0 Å². The third kappa shape index (κ3) is 4.78. The van der Waals surface area contributed by atoms with Gasteiger partial charge in [0, 0.05) is 38.3 Å². The van der Waals surface area contributed by atoms with Crippen molar-refractivity contribution in [3.63, 3.8) is 0 Å². The number of ether oxygens (including phenoxy) is 1. The van der Waals surface area contributed by atoms with E-state index in [0.29, 0.717) is 17.7 Å². The molecule has 0 radical (unpaired) electrons. The number of hydrogen-bond donors (Lipinski definition) is 6. The zero-order valence-corrected chi connectivity index (χ0v) is 20.9. The van der Waals surface area contributed by atoms with Gasteiger partial charge in [0.05, 0.1) is 23.1 Å². The second-order valence-electron chi connectivity index (χ2n) is 10.0. The average molecular weight is 529 g/mol. The highest BCUT2D eigenvalue weighted by Crippen LogP contribution is 2.40. The standard InChI is InChI=1S/C27H32N2O9/c1-28-6-8-29(9-7-28)11-15-10-14(2-4-18(15)31)17-13-37-26-16(22(17)33)3-5-19(32)21(26)27-25(36)24(35)23(34)20(12-30)38-27/h2-5,10,13,20,23-25,27,30-32,34-36H,6-9,11-12H2,1H3/t20-,23-,24+,25-,27+/m1/s1. The van der Waals surface area contributed by atoms with Crippen molar-refractivity contribution < 1.29 is 39.8 Å². The van der Waals surface area contributed by atoms with Gasteiger partial charge < -0.3 is 44.7 Å². The van der Waals surface area contributed by atoms with Crippen LogP contribution in [0.25, 0.3) is 22.1 Å². The fraction of sp³-hybridized carbons (Fsp3) is 0.444. The minimum Gasteiger partial charge on any atom is -0.508 e. The summed E-state index contributed by atoms with van der Waals surface area (Å²) in [7, 11) is 2.07. The van der Waals surface area contributed by atoms with E-state index in [1.54, 1.807) is 18.2 Å². The van der Waals surface area contributed by atoms with E-state index in [2.05, 4.69) is 16.8 Å². The largest absolute Gasteiger partial charge is 0.508 e. The summed E-state index contributed by atoms with van der Waals surface area (Å²) in [6, 6.07) is 7.57. The monoisotopic (exact) mass is 528 g/mol. The normalized spacial score (nSPS) is 27.1. The molecule has 0 spiro atoms. The number of likely N-dealkylation sites (N-methyl/N-ethyl adjacent to an activating group) is 1. The van der Waals surface area contributed by atoms with E-state index in [1.165, 1.54) is 18.4 Å². The number of rotatable bonds is 5. The Labute approximate surface area is 218 Å². The first kappa shape index (κ1) is 26.6. The Bertz CT molecular complexity index is 1370. The van der Waals surface area contributed by atoms with E-state index in [9.17, 15) is 35.4 Å². The molecule has 2 saturated heterocycles. The lowest BCUT2D eigenvalue weighted by molar-refractivity contribution is -0.231. The molecule has 1 aromatic heterocycles. The summed E-state index contributed by atoms with van der Waals surface area (Å²) in [6.07, 6.45) is -6.24. The molecule has 5 atom stereocenters. The number of phenolic OH excluding ortho intramolecular Hbond substituents is 2. The van der Waals surface area contributed by atoms with Crippen LogP contribution in [0.4, 0.5) is 0 Å². The number of piperazine rings is 1. The van der Waals surface area contributed by atoms with E-state index >= 15 is 0 Å². The minimum atomic E-state index is -1.66. The smallest absolute Gasteiger partial charge is 0.200 e. The van der Waals surface area contributed by atoms with E-state index < -0.39 is 42.6 Å². The zero-order valence-electron chi connectivity index (χ0n) is 20.9. The summed E-state index contributed by atoms with van der Waals surface area (Å²) in [6.45, 7) is 3.47. The Kier molecular flexibility index (Phi) is 7.43. The van der Waals surface area contributed by atoms with Crippen molar-refractivity contribution in [2.75, 3.05) is 39.8 Å². The highest BCUT2D eigenvalue weighted by molar-refractivity contribution is 5.86. The van der Waals surface area contributed by atoms with Crippen molar-refractivity contribution in [2.24, 2.45) is 0 Å². The first-order valence-electron chi connectivity index (χ1n) is 12.5. The summed E-state index contributed by atoms with van der Waals surface area (Å²) >= 11 is 0. The average Bonchev–Trinajstić information content (AvgIpc) is 2.91. The third-order valence-electron chi connectivity index (χ3n) is 7.51. The molecule has 11 nitrogen and oxygen atoms in total. The molecule has 0 saturated carbocycles. The number of aliphatic hydroxyl groups is 4. The molecule has 0 bridgehead atoms. The quantitative estimate of drug-likeness (QED) is 0.266. The molecule has 11 heteroatoms. The number of nitrogens with zero attached hydrogens (tertiary/aromatic N) is 2. The van der Waals surface area contributed by atoms with Crippen LogP contribution < -0.4 is 5.43 Å². The van der Waals surface area contributed by atoms with Gasteiger partial charge in [-0.25, -0.2) is 0 Å². The zero-order chi connectivity index (χ0) is 27.1. The number of hydrogen-bond acceptors (Lipinski definition) is 11. The predicted octanol–water partition coefficient (Wildman–Crippen LogP) is 0.133. The van der Waals surface area contributed by atoms with Crippen molar-refractivity contribution in [1.29, 1.82) is 0 Å². The van der Waals surface area contributed by atoms with Gasteiger partial charge >= 0.3 is 0 Å². The highest BCUT2D eigenvalue weighted by atomic mass is 16.5. The number of aliphatic hydroxyl groups excluding tert-OH is 4. The van der Waals surface area contributed by atoms with Crippen LogP contribution in [0, 0.1) is 0 Å². The maximum Gasteiger partial charge on any atom is 0.200 e. The number of aromatic hydroxyl groups is 2. The maximum atomic E-state index is 13.6. The molecule has 0 unspecified atom stereocenters. The molecule has 2 fully saturated rings. The second-order valence-corrected chi connectivity index (χ2v) is 10.0. The van der Waals surface area contributed by atoms with E-state index in [-0.39, 0.29) is 33.6 Å². The summed E-state index contributed by atoms with van der Waals surface area (Å²) in [5, 5.41) is 61.6. The van der Waals surface area contributed by atoms with Crippen LogP contribution >= 0.6 is 0 Å². The molecule has 0 amide bonds. The van der Waals surface area contributed by atoms with Crippen molar-refractivity contribution in [3.8, 4) is 22.6 Å². The molecule has 0 aliphatic carbocycles. The summed E-state index contributed by atoms with van der Waals surface area (Å²) in [5.74, 6) is -0.218. The Morgan fingerprint density at radius 2 is 1.66 bits per heavy atom. The minimum absolute atomic E-state index is 0.0560. The van der Waals surface area contributed by atoms with Crippen LogP contribution in [0.2, 0.25) is 0 Å². The van der Waals surface area contributed by atoms with Gasteiger partial charge in [-0.15, -0.1) is 0 Å². The lowest BCUT2D eigenvalue weighted by Gasteiger charge is -2.40. The van der Waals surface area contributed by atoms with Crippen molar-refractivity contribution in [3.05, 3.63) is 57.9 Å². The van der Waals surface area contributed by atoms with Gasteiger partial charge in [0.15, 0.2) is 0 Å². The molecule has 2 aliphatic heterocycles. The van der Waals surface area contributed by atoms with Gasteiger partial charge in [0.25, 0.3) is 0 Å². The molecule has 38 heavy (non-hydrogen) atoms. The van der Waals surface area contributed by atoms with Crippen molar-refractivity contribution in [1.82, 2.24) is 9.80 Å². The molecule has 2 aliphatic rings. The second kappa shape index (κ2) is 10.6. The van der Waals surface area contributed by atoms with E-state index in [4.69, 9.17) is 9.15 Å². The maximum absolute atomic E-state index is 13.6. The Hall–Kier alpha value is -3.03. The molecule has 204 valence electrons. The van der Waals surface area contributed by atoms with Crippen LogP contribution in [0.5, 0.6) is 11.5 Å². The highest BCUT2D eigenvalue weighted by Gasteiger charge is 2.45. The summed E-state index contributed by atoms with van der Waals surface area (Å²) < 4.78 is 11.4. The predicted molar refractivity (Wildman–Crippen MR) is 137 cm³/mol. The van der Waals surface area contributed by atoms with Crippen LogP contribution in [0.15, 0.2) is 45.8 Å². The molecule has 5 rings (SSSR count). The van der Waals surface area contributed by atoms with E-state index in [0.717, 1.165) is 26.2 Å². The SMILES string of the molecule is CN1CCN(Cc2cc(-c3coc4c([C@@H]5O[C@H](CO)[C@@H](O)[C@H](O)[C@H]5O)c(O)ccc4c3=O)ccc2O)CC1. The number of phenols is 2. The molecular weight excluding hydrogens is 496 g/mol. The first-order valence-corrected chi connectivity index (χ1v) is 12.5. The molecule has 3 heterocycles. The van der Waals surface area contributed by atoms with Gasteiger partial charge in [0.2, 0.25) is 5.43 Å². The Morgan fingerprint density at radius 1 is 0.947 bits per heavy atom. The fourth-order valence-corrected chi connectivity index (χ4v) is 5.15. The van der Waals surface area contributed by atoms with Crippen LogP contribution in [-0.4, -0.2) is 105 Å². The summed E-state index contributed by atoms with van der Waals surface area (Å²) in [4.78, 5) is 18.0. The van der Waals surface area contributed by atoms with Crippen LogP contribution in [0.3, 0.4) is 0 Å². The lowest BCUT2D eigenvalue weighted by Crippen LogP contribution is -2.55. The topological polar surface area (TPSA) is 167 Å². The lowest BCUT2D eigenvalue weighted by atomic mass is 9.89. The van der Waals surface area contributed by atoms with Crippen LogP contribution in [-0.2, 0) is 11.3 Å². The van der Waals surface area contributed by atoms with Crippen molar-refractivity contribution in [2.45, 2.75) is 37.1 Å². The van der Waals surface area contributed by atoms with Crippen molar-refractivity contribution >= 4 is 11.0 Å². The molecule has 3 aromatic rings. The van der Waals surface area contributed by atoms with Gasteiger partial charge in [-0.05, 0) is 36.9 Å².